The Morgan fingerprint density at radius 1 is 0.879 bits per heavy atom. The van der Waals surface area contributed by atoms with Crippen LogP contribution in [0.5, 0.6) is 0 Å². The number of nitrogens with one attached hydrogen (secondary N) is 1. The van der Waals surface area contributed by atoms with Crippen LogP contribution >= 0.6 is 0 Å². The molecule has 0 saturated carbocycles. The Balaban J connectivity index is 1.28. The zero-order valence-electron chi connectivity index (χ0n) is 18.7. The molecule has 1 N–H and O–H groups in total. The van der Waals surface area contributed by atoms with Crippen molar-refractivity contribution in [3.05, 3.63) is 59.7 Å². The first-order valence-electron chi connectivity index (χ1n) is 11.4. The summed E-state index contributed by atoms with van der Waals surface area (Å²) in [7, 11) is -3.50. The topological polar surface area (TPSA) is 88.2 Å². The Morgan fingerprint density at radius 2 is 1.55 bits per heavy atom. The van der Waals surface area contributed by atoms with Crippen LogP contribution in [0.25, 0.3) is 0 Å². The fraction of sp³-hybridized carbons (Fsp3) is 0.458. The molecule has 0 aromatic heterocycles. The minimum Gasteiger partial charge on any atom is -0.379 e. The lowest BCUT2D eigenvalue weighted by Gasteiger charge is -2.26. The fourth-order valence-corrected chi connectivity index (χ4v) is 5.42. The van der Waals surface area contributed by atoms with Gasteiger partial charge in [-0.1, -0.05) is 24.3 Å². The molecule has 0 aliphatic carbocycles. The van der Waals surface area contributed by atoms with E-state index in [1.807, 2.05) is 18.2 Å². The van der Waals surface area contributed by atoms with E-state index in [2.05, 4.69) is 16.3 Å². The smallest absolute Gasteiger partial charge is 0.243 e. The van der Waals surface area contributed by atoms with Crippen LogP contribution in [0, 0.1) is 0 Å². The Morgan fingerprint density at radius 3 is 2.24 bits per heavy atom. The van der Waals surface area contributed by atoms with Gasteiger partial charge in [-0.3, -0.25) is 9.69 Å². The molecule has 2 saturated heterocycles. The highest BCUT2D eigenvalue weighted by molar-refractivity contribution is 7.89. The van der Waals surface area contributed by atoms with Gasteiger partial charge in [-0.25, -0.2) is 8.42 Å². The van der Waals surface area contributed by atoms with Gasteiger partial charge in [0, 0.05) is 44.8 Å². The van der Waals surface area contributed by atoms with E-state index in [0.717, 1.165) is 49.7 Å². The predicted molar refractivity (Wildman–Crippen MR) is 126 cm³/mol. The summed E-state index contributed by atoms with van der Waals surface area (Å²) < 4.78 is 37.5. The van der Waals surface area contributed by atoms with Crippen LogP contribution < -0.4 is 5.32 Å². The molecule has 2 aliphatic rings. The van der Waals surface area contributed by atoms with Crippen LogP contribution in [0.4, 0.5) is 5.69 Å². The van der Waals surface area contributed by atoms with Gasteiger partial charge in [0.2, 0.25) is 15.9 Å². The maximum absolute atomic E-state index is 12.7. The van der Waals surface area contributed by atoms with Gasteiger partial charge in [-0.05, 0) is 41.8 Å². The first kappa shape index (κ1) is 23.8. The summed E-state index contributed by atoms with van der Waals surface area (Å²) in [5.41, 5.74) is 2.87. The zero-order valence-corrected chi connectivity index (χ0v) is 19.6. The largest absolute Gasteiger partial charge is 0.379 e. The second-order valence-corrected chi connectivity index (χ2v) is 10.2. The summed E-state index contributed by atoms with van der Waals surface area (Å²) in [6.07, 6.45) is 0.862. The summed E-state index contributed by atoms with van der Waals surface area (Å²) in [4.78, 5) is 15.1. The molecule has 33 heavy (non-hydrogen) atoms. The van der Waals surface area contributed by atoms with Gasteiger partial charge in [-0.2, -0.15) is 4.31 Å². The maximum atomic E-state index is 12.7. The Bertz CT molecular complexity index is 1030. The number of morpholine rings is 2. The van der Waals surface area contributed by atoms with E-state index in [0.29, 0.717) is 39.1 Å². The fourth-order valence-electron chi connectivity index (χ4n) is 4.01. The lowest BCUT2D eigenvalue weighted by atomic mass is 10.1. The van der Waals surface area contributed by atoms with Crippen molar-refractivity contribution in [1.82, 2.24) is 9.21 Å². The number of sulfonamides is 1. The van der Waals surface area contributed by atoms with Crippen LogP contribution in [0.3, 0.4) is 0 Å². The highest BCUT2D eigenvalue weighted by Gasteiger charge is 2.26. The molecule has 0 spiro atoms. The number of benzene rings is 2. The standard InChI is InChI=1S/C24H31N3O5S/c28-24(25-22-3-1-2-21(18-22)19-26-10-14-31-15-11-26)9-6-20-4-7-23(8-5-20)33(29,30)27-12-16-32-17-13-27/h1-5,7-8,18H,6,9-17,19H2,(H,25,28). The molecule has 4 rings (SSSR count). The minimum absolute atomic E-state index is 0.0662. The number of carbonyl (C=O) groups excluding carboxylic acids is 1. The van der Waals surface area contributed by atoms with Crippen molar-refractivity contribution >= 4 is 21.6 Å². The molecule has 2 aliphatic heterocycles. The van der Waals surface area contributed by atoms with Gasteiger partial charge in [-0.15, -0.1) is 0 Å². The Kier molecular flexibility index (Phi) is 8.11. The average Bonchev–Trinajstić information content (AvgIpc) is 2.84. The monoisotopic (exact) mass is 473 g/mol. The van der Waals surface area contributed by atoms with Crippen molar-refractivity contribution in [3.63, 3.8) is 0 Å². The number of hydrogen-bond donors (Lipinski definition) is 1. The highest BCUT2D eigenvalue weighted by Crippen LogP contribution is 2.19. The van der Waals surface area contributed by atoms with Crippen molar-refractivity contribution in [3.8, 4) is 0 Å². The first-order valence-corrected chi connectivity index (χ1v) is 12.8. The van der Waals surface area contributed by atoms with E-state index in [-0.39, 0.29) is 10.8 Å². The van der Waals surface area contributed by atoms with Crippen molar-refractivity contribution in [2.75, 3.05) is 57.9 Å². The molecule has 178 valence electrons. The number of anilines is 1. The summed E-state index contributed by atoms with van der Waals surface area (Å²) in [6.45, 7) is 5.78. The molecule has 2 aromatic carbocycles. The van der Waals surface area contributed by atoms with Crippen molar-refractivity contribution in [2.45, 2.75) is 24.3 Å². The number of aryl methyl sites for hydroxylation is 1. The van der Waals surface area contributed by atoms with Gasteiger partial charge in [0.1, 0.15) is 0 Å². The molecule has 0 atom stereocenters. The quantitative estimate of drug-likeness (QED) is 0.632. The maximum Gasteiger partial charge on any atom is 0.243 e. The third kappa shape index (κ3) is 6.61. The normalized spacial score (nSPS) is 18.2. The lowest BCUT2D eigenvalue weighted by molar-refractivity contribution is -0.116. The molecule has 1 amide bonds. The van der Waals surface area contributed by atoms with Gasteiger partial charge < -0.3 is 14.8 Å². The summed E-state index contributed by atoms with van der Waals surface area (Å²) in [5.74, 6) is -0.0662. The first-order chi connectivity index (χ1) is 16.0. The van der Waals surface area contributed by atoms with E-state index in [1.54, 1.807) is 24.3 Å². The SMILES string of the molecule is O=C(CCc1ccc(S(=O)(=O)N2CCOCC2)cc1)Nc1cccc(CN2CCOCC2)c1. The molecule has 9 heteroatoms. The van der Waals surface area contributed by atoms with Crippen LogP contribution in [0.2, 0.25) is 0 Å². The molecule has 0 radical (unpaired) electrons. The van der Waals surface area contributed by atoms with Gasteiger partial charge in [0.25, 0.3) is 0 Å². The summed E-state index contributed by atoms with van der Waals surface area (Å²) in [6, 6.07) is 14.7. The Hall–Kier alpha value is -2.30. The molecule has 0 unspecified atom stereocenters. The van der Waals surface area contributed by atoms with E-state index < -0.39 is 10.0 Å². The number of hydrogen-bond acceptors (Lipinski definition) is 6. The number of carbonyl (C=O) groups is 1. The Labute approximate surface area is 195 Å². The number of nitrogens with zero attached hydrogens (tertiary/aromatic N) is 2. The molecule has 2 heterocycles. The van der Waals surface area contributed by atoms with Crippen LogP contribution in [0.15, 0.2) is 53.4 Å². The molecule has 2 aromatic rings. The summed E-state index contributed by atoms with van der Waals surface area (Å²) in [5, 5.41) is 2.97. The van der Waals surface area contributed by atoms with Crippen LogP contribution in [-0.2, 0) is 37.3 Å². The van der Waals surface area contributed by atoms with E-state index in [9.17, 15) is 13.2 Å². The van der Waals surface area contributed by atoms with E-state index >= 15 is 0 Å². The molecular formula is C24H31N3O5S. The van der Waals surface area contributed by atoms with Gasteiger partial charge >= 0.3 is 0 Å². The predicted octanol–water partition coefficient (Wildman–Crippen LogP) is 2.11. The van der Waals surface area contributed by atoms with Crippen molar-refractivity contribution in [1.29, 1.82) is 0 Å². The van der Waals surface area contributed by atoms with E-state index in [4.69, 9.17) is 9.47 Å². The highest BCUT2D eigenvalue weighted by atomic mass is 32.2. The summed E-state index contributed by atoms with van der Waals surface area (Å²) >= 11 is 0. The molecular weight excluding hydrogens is 442 g/mol. The number of ether oxygens (including phenoxy) is 2. The third-order valence-electron chi connectivity index (χ3n) is 5.89. The molecule has 2 fully saturated rings. The minimum atomic E-state index is -3.50. The third-order valence-corrected chi connectivity index (χ3v) is 7.81. The molecule has 8 nitrogen and oxygen atoms in total. The number of amides is 1. The van der Waals surface area contributed by atoms with Crippen LogP contribution in [0.1, 0.15) is 17.5 Å². The van der Waals surface area contributed by atoms with E-state index in [1.165, 1.54) is 4.31 Å². The van der Waals surface area contributed by atoms with Crippen LogP contribution in [-0.4, -0.2) is 76.1 Å². The number of rotatable bonds is 8. The zero-order chi connectivity index (χ0) is 23.1. The second-order valence-electron chi connectivity index (χ2n) is 8.30. The average molecular weight is 474 g/mol. The van der Waals surface area contributed by atoms with Gasteiger partial charge in [0.05, 0.1) is 31.3 Å². The molecule has 0 bridgehead atoms. The lowest BCUT2D eigenvalue weighted by Crippen LogP contribution is -2.40. The second kappa shape index (κ2) is 11.2. The van der Waals surface area contributed by atoms with Crippen molar-refractivity contribution < 1.29 is 22.7 Å². The van der Waals surface area contributed by atoms with Gasteiger partial charge in [0.15, 0.2) is 0 Å². The van der Waals surface area contributed by atoms with Crippen molar-refractivity contribution in [2.24, 2.45) is 0 Å².